The number of carbonyl (C=O) groups is 2. The van der Waals surface area contributed by atoms with E-state index in [0.29, 0.717) is 31.8 Å². The SMILES string of the molecule is COCCCN1C(=O)C(=O)/C(=C(/O)c2ccc(S(=O)(=O)N3CCOCC3)cc2)[C@H]1c1ccc(C)cc1. The zero-order valence-corrected chi connectivity index (χ0v) is 21.2. The van der Waals surface area contributed by atoms with Crippen molar-refractivity contribution in [2.24, 2.45) is 0 Å². The molecule has 2 aromatic carbocycles. The first kappa shape index (κ1) is 26.0. The van der Waals surface area contributed by atoms with E-state index in [9.17, 15) is 23.1 Å². The first-order valence-electron chi connectivity index (χ1n) is 11.8. The predicted molar refractivity (Wildman–Crippen MR) is 133 cm³/mol. The van der Waals surface area contributed by atoms with E-state index in [2.05, 4.69) is 0 Å². The third-order valence-electron chi connectivity index (χ3n) is 6.42. The number of ketones is 1. The molecule has 1 atom stereocenters. The van der Waals surface area contributed by atoms with Crippen LogP contribution in [0.5, 0.6) is 0 Å². The number of carbonyl (C=O) groups excluding carboxylic acids is 2. The number of aryl methyl sites for hydroxylation is 1. The van der Waals surface area contributed by atoms with Crippen molar-refractivity contribution in [2.75, 3.05) is 46.6 Å². The molecular weight excluding hydrogens is 484 g/mol. The molecule has 4 rings (SSSR count). The van der Waals surface area contributed by atoms with E-state index in [1.165, 1.54) is 33.5 Å². The van der Waals surface area contributed by atoms with Gasteiger partial charge in [0, 0.05) is 38.9 Å². The maximum atomic E-state index is 13.1. The van der Waals surface area contributed by atoms with Gasteiger partial charge in [0.2, 0.25) is 10.0 Å². The number of aliphatic hydroxyl groups excluding tert-OH is 1. The molecule has 2 aliphatic heterocycles. The van der Waals surface area contributed by atoms with Gasteiger partial charge in [-0.05, 0) is 43.2 Å². The summed E-state index contributed by atoms with van der Waals surface area (Å²) in [6, 6.07) is 12.4. The third-order valence-corrected chi connectivity index (χ3v) is 8.33. The molecule has 2 fully saturated rings. The van der Waals surface area contributed by atoms with Gasteiger partial charge in [-0.1, -0.05) is 29.8 Å². The Bertz CT molecular complexity index is 1250. The summed E-state index contributed by atoms with van der Waals surface area (Å²) in [5.41, 5.74) is 1.95. The first-order chi connectivity index (χ1) is 17.3. The molecule has 1 N–H and O–H groups in total. The highest BCUT2D eigenvalue weighted by molar-refractivity contribution is 7.89. The summed E-state index contributed by atoms with van der Waals surface area (Å²) in [5, 5.41) is 11.2. The molecular formula is C26H30N2O7S. The maximum absolute atomic E-state index is 13.1. The minimum Gasteiger partial charge on any atom is -0.507 e. The molecule has 0 aromatic heterocycles. The number of Topliss-reactive ketones (excluding diaryl/α,β-unsaturated/α-hetero) is 1. The minimum atomic E-state index is -3.71. The van der Waals surface area contributed by atoms with Crippen LogP contribution in [-0.4, -0.2) is 81.0 Å². The lowest BCUT2D eigenvalue weighted by molar-refractivity contribution is -0.140. The molecule has 0 unspecified atom stereocenters. The quantitative estimate of drug-likeness (QED) is 0.249. The Morgan fingerprint density at radius 1 is 1.06 bits per heavy atom. The number of morpholine rings is 1. The number of nitrogens with zero attached hydrogens (tertiary/aromatic N) is 2. The Hall–Kier alpha value is -3.05. The molecule has 1 amide bonds. The van der Waals surface area contributed by atoms with E-state index < -0.39 is 27.8 Å². The Balaban J connectivity index is 1.71. The van der Waals surface area contributed by atoms with Crippen LogP contribution < -0.4 is 0 Å². The molecule has 0 saturated carbocycles. The molecule has 2 saturated heterocycles. The van der Waals surface area contributed by atoms with Crippen LogP contribution in [0, 0.1) is 6.92 Å². The Morgan fingerprint density at radius 3 is 2.31 bits per heavy atom. The number of benzene rings is 2. The first-order valence-corrected chi connectivity index (χ1v) is 13.2. The van der Waals surface area contributed by atoms with Crippen molar-refractivity contribution in [3.8, 4) is 0 Å². The molecule has 192 valence electrons. The van der Waals surface area contributed by atoms with Gasteiger partial charge in [-0.15, -0.1) is 0 Å². The summed E-state index contributed by atoms with van der Waals surface area (Å²) < 4.78 is 37.6. The van der Waals surface area contributed by atoms with Crippen LogP contribution in [0.15, 0.2) is 59.0 Å². The highest BCUT2D eigenvalue weighted by Gasteiger charge is 2.45. The molecule has 2 aromatic rings. The Morgan fingerprint density at radius 2 is 1.69 bits per heavy atom. The van der Waals surface area contributed by atoms with Gasteiger partial charge in [0.15, 0.2) is 0 Å². The fraction of sp³-hybridized carbons (Fsp3) is 0.385. The summed E-state index contributed by atoms with van der Waals surface area (Å²) in [4.78, 5) is 27.6. The molecule has 0 aliphatic carbocycles. The van der Waals surface area contributed by atoms with Gasteiger partial charge >= 0.3 is 0 Å². The lowest BCUT2D eigenvalue weighted by atomic mass is 9.94. The molecule has 0 radical (unpaired) electrons. The number of rotatable bonds is 8. The lowest BCUT2D eigenvalue weighted by Crippen LogP contribution is -2.40. The number of hydrogen-bond acceptors (Lipinski definition) is 7. The van der Waals surface area contributed by atoms with E-state index >= 15 is 0 Å². The predicted octanol–water partition coefficient (Wildman–Crippen LogP) is 2.47. The van der Waals surface area contributed by atoms with Crippen LogP contribution in [0.3, 0.4) is 0 Å². The molecule has 0 bridgehead atoms. The number of hydrogen-bond donors (Lipinski definition) is 1. The zero-order chi connectivity index (χ0) is 25.9. The summed E-state index contributed by atoms with van der Waals surface area (Å²) in [5.74, 6) is -1.81. The van der Waals surface area contributed by atoms with Crippen LogP contribution >= 0.6 is 0 Å². The number of sulfonamides is 1. The average Bonchev–Trinajstić information content (AvgIpc) is 3.14. The number of amides is 1. The molecule has 0 spiro atoms. The van der Waals surface area contributed by atoms with Gasteiger partial charge < -0.3 is 19.5 Å². The highest BCUT2D eigenvalue weighted by atomic mass is 32.2. The van der Waals surface area contributed by atoms with Gasteiger partial charge in [-0.2, -0.15) is 4.31 Å². The van der Waals surface area contributed by atoms with Crippen LogP contribution in [0.2, 0.25) is 0 Å². The van der Waals surface area contributed by atoms with Crippen molar-refractivity contribution in [2.45, 2.75) is 24.3 Å². The van der Waals surface area contributed by atoms with Crippen LogP contribution in [0.25, 0.3) is 5.76 Å². The molecule has 2 aliphatic rings. The van der Waals surface area contributed by atoms with Gasteiger partial charge in [0.1, 0.15) is 5.76 Å². The highest BCUT2D eigenvalue weighted by Crippen LogP contribution is 2.39. The van der Waals surface area contributed by atoms with Crippen molar-refractivity contribution >= 4 is 27.5 Å². The standard InChI is InChI=1S/C26H30N2O7S/c1-18-4-6-19(7-5-18)23-22(25(30)26(31)28(23)12-3-15-34-2)24(29)20-8-10-21(11-9-20)36(32,33)27-13-16-35-17-14-27/h4-11,23,29H,3,12-17H2,1-2H3/b24-22+/t23-/m1/s1. The van der Waals surface area contributed by atoms with Gasteiger partial charge in [0.25, 0.3) is 11.7 Å². The van der Waals surface area contributed by atoms with E-state index in [4.69, 9.17) is 9.47 Å². The van der Waals surface area contributed by atoms with Crippen LogP contribution in [0.1, 0.15) is 29.2 Å². The summed E-state index contributed by atoms with van der Waals surface area (Å²) in [6.45, 7) is 3.85. The monoisotopic (exact) mass is 514 g/mol. The van der Waals surface area contributed by atoms with E-state index in [1.54, 1.807) is 7.11 Å². The van der Waals surface area contributed by atoms with Gasteiger partial charge in [0.05, 0.1) is 29.7 Å². The normalized spacial score (nSPS) is 20.7. The van der Waals surface area contributed by atoms with Crippen molar-refractivity contribution in [1.82, 2.24) is 9.21 Å². The fourth-order valence-corrected chi connectivity index (χ4v) is 5.87. The largest absolute Gasteiger partial charge is 0.507 e. The molecule has 10 heteroatoms. The number of methoxy groups -OCH3 is 1. The molecule has 2 heterocycles. The Kier molecular flexibility index (Phi) is 7.89. The lowest BCUT2D eigenvalue weighted by Gasteiger charge is -2.26. The topological polar surface area (TPSA) is 113 Å². The fourth-order valence-electron chi connectivity index (χ4n) is 4.46. The second-order valence-corrected chi connectivity index (χ2v) is 10.7. The zero-order valence-electron chi connectivity index (χ0n) is 20.3. The molecule has 9 nitrogen and oxygen atoms in total. The van der Waals surface area contributed by atoms with E-state index in [1.807, 2.05) is 31.2 Å². The average molecular weight is 515 g/mol. The van der Waals surface area contributed by atoms with E-state index in [0.717, 1.165) is 5.56 Å². The van der Waals surface area contributed by atoms with Crippen molar-refractivity contribution in [3.63, 3.8) is 0 Å². The number of aliphatic hydroxyl groups is 1. The second kappa shape index (κ2) is 10.9. The second-order valence-electron chi connectivity index (χ2n) is 8.79. The smallest absolute Gasteiger partial charge is 0.295 e. The van der Waals surface area contributed by atoms with Crippen molar-refractivity contribution < 1.29 is 32.6 Å². The minimum absolute atomic E-state index is 0.0231. The number of ether oxygens (including phenoxy) is 2. The van der Waals surface area contributed by atoms with Crippen molar-refractivity contribution in [1.29, 1.82) is 0 Å². The summed E-state index contributed by atoms with van der Waals surface area (Å²) in [7, 11) is -2.14. The maximum Gasteiger partial charge on any atom is 0.295 e. The number of likely N-dealkylation sites (tertiary alicyclic amines) is 1. The van der Waals surface area contributed by atoms with Gasteiger partial charge in [-0.25, -0.2) is 8.42 Å². The summed E-state index contributed by atoms with van der Waals surface area (Å²) >= 11 is 0. The van der Waals surface area contributed by atoms with Crippen LogP contribution in [-0.2, 0) is 29.1 Å². The van der Waals surface area contributed by atoms with E-state index in [-0.39, 0.29) is 41.4 Å². The Labute approximate surface area is 211 Å². The third kappa shape index (κ3) is 5.08. The van der Waals surface area contributed by atoms with Crippen molar-refractivity contribution in [3.05, 3.63) is 70.8 Å². The van der Waals surface area contributed by atoms with Crippen LogP contribution in [0.4, 0.5) is 0 Å². The summed E-state index contributed by atoms with van der Waals surface area (Å²) in [6.07, 6.45) is 0.528. The molecule has 36 heavy (non-hydrogen) atoms. The van der Waals surface area contributed by atoms with Gasteiger partial charge in [-0.3, -0.25) is 9.59 Å².